The Labute approximate surface area is 116 Å². The van der Waals surface area contributed by atoms with Crippen LogP contribution < -0.4 is 16.0 Å². The first-order chi connectivity index (χ1) is 9.74. The number of nitrogens with one attached hydrogen (secondary N) is 1. The predicted octanol–water partition coefficient (Wildman–Crippen LogP) is 2.00. The molecule has 0 aliphatic carbocycles. The highest BCUT2D eigenvalue weighted by Gasteiger charge is 2.14. The zero-order valence-electron chi connectivity index (χ0n) is 11.3. The molecule has 0 fully saturated rings. The number of nitrogens with zero attached hydrogens (tertiary/aromatic N) is 3. The number of benzene rings is 1. The van der Waals surface area contributed by atoms with Gasteiger partial charge in [-0.1, -0.05) is 18.2 Å². The van der Waals surface area contributed by atoms with Crippen LogP contribution in [-0.2, 0) is 0 Å². The van der Waals surface area contributed by atoms with Gasteiger partial charge in [0.1, 0.15) is 11.6 Å². The van der Waals surface area contributed by atoms with Crippen LogP contribution in [0.1, 0.15) is 5.69 Å². The van der Waals surface area contributed by atoms with Crippen LogP contribution in [0.25, 0.3) is 16.8 Å². The molecule has 3 aromatic rings. The highest BCUT2D eigenvalue weighted by atomic mass is 16.5. The Balaban J connectivity index is 2.30. The molecule has 0 spiro atoms. The molecule has 1 aromatic carbocycles. The molecule has 0 amide bonds. The first kappa shape index (κ1) is 12.4. The van der Waals surface area contributed by atoms with Crippen molar-refractivity contribution < 1.29 is 4.74 Å². The van der Waals surface area contributed by atoms with Gasteiger partial charge in [0.15, 0.2) is 5.65 Å². The van der Waals surface area contributed by atoms with Gasteiger partial charge in [0.2, 0.25) is 0 Å². The van der Waals surface area contributed by atoms with Crippen LogP contribution >= 0.6 is 0 Å². The van der Waals surface area contributed by atoms with E-state index in [4.69, 9.17) is 10.6 Å². The molecule has 6 nitrogen and oxygen atoms in total. The van der Waals surface area contributed by atoms with Crippen LogP contribution in [0.2, 0.25) is 0 Å². The normalized spacial score (nSPS) is 10.8. The Kier molecular flexibility index (Phi) is 3.00. The van der Waals surface area contributed by atoms with E-state index in [1.165, 1.54) is 0 Å². The highest BCUT2D eigenvalue weighted by Crippen LogP contribution is 2.32. The van der Waals surface area contributed by atoms with Gasteiger partial charge in [-0.25, -0.2) is 10.8 Å². The minimum absolute atomic E-state index is 0.689. The van der Waals surface area contributed by atoms with E-state index < -0.39 is 0 Å². The maximum atomic E-state index is 5.53. The number of nitrogen functional groups attached to an aromatic ring is 1. The molecule has 3 N–H and O–H groups in total. The van der Waals surface area contributed by atoms with Crippen molar-refractivity contribution in [3.63, 3.8) is 0 Å². The molecule has 0 bridgehead atoms. The van der Waals surface area contributed by atoms with Crippen molar-refractivity contribution in [2.24, 2.45) is 5.84 Å². The quantitative estimate of drug-likeness (QED) is 0.561. The van der Waals surface area contributed by atoms with Crippen LogP contribution in [0.15, 0.2) is 36.5 Å². The number of rotatable bonds is 3. The minimum atomic E-state index is 0.689. The summed E-state index contributed by atoms with van der Waals surface area (Å²) in [5, 5.41) is 4.34. The molecule has 3 rings (SSSR count). The number of aromatic nitrogens is 3. The van der Waals surface area contributed by atoms with Gasteiger partial charge in [0, 0.05) is 17.3 Å². The fraction of sp³-hybridized carbons (Fsp3) is 0.143. The Bertz CT molecular complexity index is 765. The number of ether oxygens (including phenoxy) is 1. The number of fused-ring (bicyclic) bond motifs is 1. The van der Waals surface area contributed by atoms with Crippen molar-refractivity contribution in [1.29, 1.82) is 0 Å². The van der Waals surface area contributed by atoms with Crippen molar-refractivity contribution in [3.8, 4) is 16.9 Å². The van der Waals surface area contributed by atoms with Gasteiger partial charge < -0.3 is 10.2 Å². The van der Waals surface area contributed by atoms with Crippen molar-refractivity contribution in [1.82, 2.24) is 14.6 Å². The molecule has 0 atom stereocenters. The Morgan fingerprint density at radius 3 is 2.80 bits per heavy atom. The van der Waals surface area contributed by atoms with E-state index >= 15 is 0 Å². The summed E-state index contributed by atoms with van der Waals surface area (Å²) in [6.07, 6.45) is 1.76. The van der Waals surface area contributed by atoms with Crippen LogP contribution in [0.3, 0.4) is 0 Å². The SMILES string of the molecule is COc1ccccc1-c1cnn2c(NN)cc(C)nc12. The molecule has 20 heavy (non-hydrogen) atoms. The number of para-hydroxylation sites is 1. The molecule has 0 unspecified atom stereocenters. The summed E-state index contributed by atoms with van der Waals surface area (Å²) >= 11 is 0. The van der Waals surface area contributed by atoms with E-state index in [1.54, 1.807) is 17.8 Å². The summed E-state index contributed by atoms with van der Waals surface area (Å²) in [6.45, 7) is 1.92. The molecule has 102 valence electrons. The third-order valence-electron chi connectivity index (χ3n) is 3.14. The highest BCUT2D eigenvalue weighted by molar-refractivity contribution is 5.82. The molecule has 2 heterocycles. The van der Waals surface area contributed by atoms with E-state index in [1.807, 2.05) is 37.3 Å². The monoisotopic (exact) mass is 269 g/mol. The number of hydrogen-bond acceptors (Lipinski definition) is 5. The number of anilines is 1. The van der Waals surface area contributed by atoms with Gasteiger partial charge >= 0.3 is 0 Å². The number of nitrogens with two attached hydrogens (primary N) is 1. The van der Waals surface area contributed by atoms with E-state index in [0.29, 0.717) is 5.82 Å². The number of hydrogen-bond donors (Lipinski definition) is 2. The van der Waals surface area contributed by atoms with Crippen LogP contribution in [-0.4, -0.2) is 21.7 Å². The summed E-state index contributed by atoms with van der Waals surface area (Å²) in [4.78, 5) is 4.55. The van der Waals surface area contributed by atoms with Gasteiger partial charge in [0.05, 0.1) is 18.9 Å². The molecule has 0 saturated carbocycles. The third kappa shape index (κ3) is 1.86. The molecule has 0 aliphatic rings. The second-order valence-electron chi connectivity index (χ2n) is 4.42. The van der Waals surface area contributed by atoms with Crippen LogP contribution in [0.5, 0.6) is 5.75 Å². The van der Waals surface area contributed by atoms with Crippen molar-refractivity contribution in [2.75, 3.05) is 12.5 Å². The summed E-state index contributed by atoms with van der Waals surface area (Å²) in [6, 6.07) is 9.62. The lowest BCUT2D eigenvalue weighted by Crippen LogP contribution is -2.12. The number of hydrazine groups is 1. The molecule has 0 saturated heterocycles. The largest absolute Gasteiger partial charge is 0.496 e. The lowest BCUT2D eigenvalue weighted by molar-refractivity contribution is 0.416. The zero-order valence-corrected chi connectivity index (χ0v) is 11.3. The van der Waals surface area contributed by atoms with Gasteiger partial charge in [0.25, 0.3) is 0 Å². The van der Waals surface area contributed by atoms with E-state index in [2.05, 4.69) is 15.5 Å². The van der Waals surface area contributed by atoms with Crippen molar-refractivity contribution in [3.05, 3.63) is 42.2 Å². The zero-order chi connectivity index (χ0) is 14.1. The van der Waals surface area contributed by atoms with Crippen molar-refractivity contribution >= 4 is 11.5 Å². The smallest absolute Gasteiger partial charge is 0.165 e. The van der Waals surface area contributed by atoms with Gasteiger partial charge in [-0.2, -0.15) is 9.61 Å². The Hall–Kier alpha value is -2.60. The van der Waals surface area contributed by atoms with E-state index in [-0.39, 0.29) is 0 Å². The van der Waals surface area contributed by atoms with E-state index in [9.17, 15) is 0 Å². The van der Waals surface area contributed by atoms with Crippen molar-refractivity contribution in [2.45, 2.75) is 6.92 Å². The standard InChI is InChI=1S/C14H15N5O/c1-9-7-13(18-15)19-14(17-9)11(8-16-19)10-5-3-4-6-12(10)20-2/h3-8,18H,15H2,1-2H3. The molecule has 6 heteroatoms. The lowest BCUT2D eigenvalue weighted by atomic mass is 10.1. The summed E-state index contributed by atoms with van der Waals surface area (Å²) < 4.78 is 7.08. The van der Waals surface area contributed by atoms with Gasteiger partial charge in [-0.3, -0.25) is 0 Å². The maximum absolute atomic E-state index is 5.53. The van der Waals surface area contributed by atoms with Gasteiger partial charge in [-0.05, 0) is 13.0 Å². The molecule has 0 radical (unpaired) electrons. The molecule has 2 aromatic heterocycles. The lowest BCUT2D eigenvalue weighted by Gasteiger charge is -2.08. The predicted molar refractivity (Wildman–Crippen MR) is 77.5 cm³/mol. The first-order valence-corrected chi connectivity index (χ1v) is 6.20. The minimum Gasteiger partial charge on any atom is -0.496 e. The molecule has 0 aliphatic heterocycles. The summed E-state index contributed by atoms with van der Waals surface area (Å²) in [5.74, 6) is 7.00. The number of aryl methyl sites for hydroxylation is 1. The maximum Gasteiger partial charge on any atom is 0.165 e. The Morgan fingerprint density at radius 2 is 2.05 bits per heavy atom. The fourth-order valence-electron chi connectivity index (χ4n) is 2.24. The summed E-state index contributed by atoms with van der Waals surface area (Å²) in [5.41, 5.74) is 6.09. The number of methoxy groups -OCH3 is 1. The average Bonchev–Trinajstić information content (AvgIpc) is 2.89. The topological polar surface area (TPSA) is 77.5 Å². The Morgan fingerprint density at radius 1 is 1.25 bits per heavy atom. The fourth-order valence-corrected chi connectivity index (χ4v) is 2.24. The summed E-state index contributed by atoms with van der Waals surface area (Å²) in [7, 11) is 1.65. The average molecular weight is 269 g/mol. The van der Waals surface area contributed by atoms with Gasteiger partial charge in [-0.15, -0.1) is 0 Å². The van der Waals surface area contributed by atoms with Crippen LogP contribution in [0.4, 0.5) is 5.82 Å². The molecular formula is C14H15N5O. The second kappa shape index (κ2) is 4.82. The first-order valence-electron chi connectivity index (χ1n) is 6.20. The van der Waals surface area contributed by atoms with Crippen LogP contribution in [0, 0.1) is 6.92 Å². The molecular weight excluding hydrogens is 254 g/mol. The van der Waals surface area contributed by atoms with E-state index in [0.717, 1.165) is 28.2 Å². The third-order valence-corrected chi connectivity index (χ3v) is 3.14. The second-order valence-corrected chi connectivity index (χ2v) is 4.42.